The third-order valence-corrected chi connectivity index (χ3v) is 2.73. The first-order chi connectivity index (χ1) is 6.40. The summed E-state index contributed by atoms with van der Waals surface area (Å²) in [5.74, 6) is 0.660. The maximum atomic E-state index is 5.53. The van der Waals surface area contributed by atoms with Gasteiger partial charge in [0, 0.05) is 18.2 Å². The molecule has 0 atom stereocenters. The number of nitrogens with zero attached hydrogens (tertiary/aromatic N) is 2. The van der Waals surface area contributed by atoms with Gasteiger partial charge in [0.05, 0.1) is 5.69 Å². The summed E-state index contributed by atoms with van der Waals surface area (Å²) < 4.78 is 0. The summed E-state index contributed by atoms with van der Waals surface area (Å²) in [4.78, 5) is 8.40. The van der Waals surface area contributed by atoms with Gasteiger partial charge in [-0.3, -0.25) is 0 Å². The van der Waals surface area contributed by atoms with E-state index in [0.29, 0.717) is 12.5 Å². The maximum absolute atomic E-state index is 5.53. The molecule has 1 heterocycles. The molecular formula is C10H15N3. The standard InChI is InChI=1S/C10H15N3/c11-6-9-5-10(13-7-12-9)8-3-1-2-4-8/h5,7-8H,1-4,6,11H2. The minimum atomic E-state index is 0.516. The molecule has 1 aromatic rings. The largest absolute Gasteiger partial charge is 0.325 e. The van der Waals surface area contributed by atoms with Crippen LogP contribution in [0.1, 0.15) is 43.0 Å². The molecule has 1 aliphatic rings. The molecule has 1 aromatic heterocycles. The molecular weight excluding hydrogens is 162 g/mol. The fraction of sp³-hybridized carbons (Fsp3) is 0.600. The Morgan fingerprint density at radius 2 is 2.08 bits per heavy atom. The van der Waals surface area contributed by atoms with E-state index in [0.717, 1.165) is 5.69 Å². The lowest BCUT2D eigenvalue weighted by molar-refractivity contribution is 0.689. The first-order valence-corrected chi connectivity index (χ1v) is 4.91. The quantitative estimate of drug-likeness (QED) is 0.746. The van der Waals surface area contributed by atoms with Crippen LogP contribution in [0.4, 0.5) is 0 Å². The summed E-state index contributed by atoms with van der Waals surface area (Å²) in [5.41, 5.74) is 7.67. The topological polar surface area (TPSA) is 51.8 Å². The summed E-state index contributed by atoms with van der Waals surface area (Å²) in [7, 11) is 0. The van der Waals surface area contributed by atoms with Gasteiger partial charge in [0.25, 0.3) is 0 Å². The van der Waals surface area contributed by atoms with Crippen LogP contribution in [0.2, 0.25) is 0 Å². The van der Waals surface area contributed by atoms with Gasteiger partial charge in [0.15, 0.2) is 0 Å². The van der Waals surface area contributed by atoms with Crippen molar-refractivity contribution >= 4 is 0 Å². The molecule has 1 saturated carbocycles. The minimum absolute atomic E-state index is 0.516. The molecule has 0 saturated heterocycles. The fourth-order valence-corrected chi connectivity index (χ4v) is 1.97. The molecule has 3 nitrogen and oxygen atoms in total. The predicted octanol–water partition coefficient (Wildman–Crippen LogP) is 1.59. The van der Waals surface area contributed by atoms with Crippen LogP contribution in [0.25, 0.3) is 0 Å². The molecule has 70 valence electrons. The molecule has 2 N–H and O–H groups in total. The highest BCUT2D eigenvalue weighted by Gasteiger charge is 2.18. The molecule has 2 rings (SSSR count). The lowest BCUT2D eigenvalue weighted by Crippen LogP contribution is -2.04. The van der Waals surface area contributed by atoms with Crippen LogP contribution in [0.15, 0.2) is 12.4 Å². The van der Waals surface area contributed by atoms with Crippen molar-refractivity contribution in [1.29, 1.82) is 0 Å². The molecule has 13 heavy (non-hydrogen) atoms. The Balaban J connectivity index is 2.18. The molecule has 0 unspecified atom stereocenters. The smallest absolute Gasteiger partial charge is 0.115 e. The molecule has 0 spiro atoms. The number of nitrogens with two attached hydrogens (primary N) is 1. The molecule has 1 fully saturated rings. The molecule has 0 bridgehead atoms. The van der Waals surface area contributed by atoms with E-state index in [9.17, 15) is 0 Å². The molecule has 0 radical (unpaired) electrons. The Bertz CT molecular complexity index is 279. The van der Waals surface area contributed by atoms with Crippen LogP contribution in [-0.2, 0) is 6.54 Å². The van der Waals surface area contributed by atoms with E-state index in [1.807, 2.05) is 0 Å². The van der Waals surface area contributed by atoms with Crippen molar-refractivity contribution in [2.24, 2.45) is 5.73 Å². The first-order valence-electron chi connectivity index (χ1n) is 4.91. The normalized spacial score (nSPS) is 17.9. The molecule has 3 heteroatoms. The highest BCUT2D eigenvalue weighted by molar-refractivity contribution is 5.13. The zero-order valence-corrected chi connectivity index (χ0v) is 7.74. The first kappa shape index (κ1) is 8.63. The molecule has 0 aromatic carbocycles. The van der Waals surface area contributed by atoms with Gasteiger partial charge in [-0.25, -0.2) is 9.97 Å². The molecule has 1 aliphatic carbocycles. The summed E-state index contributed by atoms with van der Waals surface area (Å²) in [6.07, 6.45) is 6.87. The maximum Gasteiger partial charge on any atom is 0.115 e. The number of hydrogen-bond donors (Lipinski definition) is 1. The van der Waals surface area contributed by atoms with Crippen molar-refractivity contribution < 1.29 is 0 Å². The SMILES string of the molecule is NCc1cc(C2CCCC2)ncn1. The van der Waals surface area contributed by atoms with Crippen molar-refractivity contribution in [3.8, 4) is 0 Å². The van der Waals surface area contributed by atoms with Gasteiger partial charge >= 0.3 is 0 Å². The Morgan fingerprint density at radius 1 is 1.31 bits per heavy atom. The van der Waals surface area contributed by atoms with Crippen LogP contribution in [0, 0.1) is 0 Å². The second-order valence-electron chi connectivity index (χ2n) is 3.62. The zero-order valence-electron chi connectivity index (χ0n) is 7.74. The van der Waals surface area contributed by atoms with Crippen LogP contribution >= 0.6 is 0 Å². The number of aromatic nitrogens is 2. The number of hydrogen-bond acceptors (Lipinski definition) is 3. The second-order valence-corrected chi connectivity index (χ2v) is 3.62. The van der Waals surface area contributed by atoms with Gasteiger partial charge in [0.2, 0.25) is 0 Å². The van der Waals surface area contributed by atoms with Gasteiger partial charge in [-0.05, 0) is 18.9 Å². The van der Waals surface area contributed by atoms with Crippen LogP contribution in [0.5, 0.6) is 0 Å². The lowest BCUT2D eigenvalue weighted by Gasteiger charge is -2.08. The van der Waals surface area contributed by atoms with Crippen molar-refractivity contribution in [2.45, 2.75) is 38.1 Å². The van der Waals surface area contributed by atoms with Gasteiger partial charge in [-0.15, -0.1) is 0 Å². The average molecular weight is 177 g/mol. The third-order valence-electron chi connectivity index (χ3n) is 2.73. The van der Waals surface area contributed by atoms with E-state index in [1.54, 1.807) is 6.33 Å². The molecule has 0 aliphatic heterocycles. The number of rotatable bonds is 2. The Labute approximate surface area is 78.4 Å². The van der Waals surface area contributed by atoms with Crippen LogP contribution in [0.3, 0.4) is 0 Å². The zero-order chi connectivity index (χ0) is 9.10. The summed E-state index contributed by atoms with van der Waals surface area (Å²) in [6, 6.07) is 2.05. The van der Waals surface area contributed by atoms with Gasteiger partial charge in [-0.1, -0.05) is 12.8 Å². The Hall–Kier alpha value is -0.960. The van der Waals surface area contributed by atoms with Gasteiger partial charge in [-0.2, -0.15) is 0 Å². The van der Waals surface area contributed by atoms with Crippen molar-refractivity contribution in [2.75, 3.05) is 0 Å². The van der Waals surface area contributed by atoms with E-state index in [-0.39, 0.29) is 0 Å². The highest BCUT2D eigenvalue weighted by Crippen LogP contribution is 2.32. The van der Waals surface area contributed by atoms with E-state index in [4.69, 9.17) is 5.73 Å². The highest BCUT2D eigenvalue weighted by atomic mass is 14.9. The Kier molecular flexibility index (Phi) is 2.54. The second kappa shape index (κ2) is 3.83. The van der Waals surface area contributed by atoms with Gasteiger partial charge in [0.1, 0.15) is 6.33 Å². The van der Waals surface area contributed by atoms with Crippen LogP contribution < -0.4 is 5.73 Å². The minimum Gasteiger partial charge on any atom is -0.325 e. The van der Waals surface area contributed by atoms with Crippen molar-refractivity contribution in [3.05, 3.63) is 23.8 Å². The monoisotopic (exact) mass is 177 g/mol. The van der Waals surface area contributed by atoms with E-state index >= 15 is 0 Å². The Morgan fingerprint density at radius 3 is 2.77 bits per heavy atom. The summed E-state index contributed by atoms with van der Waals surface area (Å²) in [5, 5.41) is 0. The summed E-state index contributed by atoms with van der Waals surface area (Å²) in [6.45, 7) is 0.516. The van der Waals surface area contributed by atoms with Gasteiger partial charge < -0.3 is 5.73 Å². The predicted molar refractivity (Wildman–Crippen MR) is 51.1 cm³/mol. The van der Waals surface area contributed by atoms with Crippen molar-refractivity contribution in [1.82, 2.24) is 9.97 Å². The summed E-state index contributed by atoms with van der Waals surface area (Å²) >= 11 is 0. The molecule has 0 amide bonds. The van der Waals surface area contributed by atoms with E-state index in [2.05, 4.69) is 16.0 Å². The van der Waals surface area contributed by atoms with E-state index < -0.39 is 0 Å². The van der Waals surface area contributed by atoms with Crippen LogP contribution in [-0.4, -0.2) is 9.97 Å². The van der Waals surface area contributed by atoms with E-state index in [1.165, 1.54) is 31.4 Å². The lowest BCUT2D eigenvalue weighted by atomic mass is 10.0. The average Bonchev–Trinajstić information content (AvgIpc) is 2.71. The fourth-order valence-electron chi connectivity index (χ4n) is 1.97. The van der Waals surface area contributed by atoms with Crippen molar-refractivity contribution in [3.63, 3.8) is 0 Å². The third kappa shape index (κ3) is 1.86.